The molecular weight excluding hydrogens is 964 g/mol. The monoisotopic (exact) mass is 1010 g/mol. The van der Waals surface area contributed by atoms with E-state index >= 15 is 0 Å². The van der Waals surface area contributed by atoms with Crippen molar-refractivity contribution in [2.24, 2.45) is 0 Å². The average molecular weight is 1010 g/mol. The third-order valence-electron chi connectivity index (χ3n) is 10.1. The molecule has 70 heavy (non-hydrogen) atoms. The second-order valence-corrected chi connectivity index (χ2v) is 21.5. The van der Waals surface area contributed by atoms with Crippen LogP contribution in [0.25, 0.3) is 0 Å². The van der Waals surface area contributed by atoms with Gasteiger partial charge in [-0.1, -0.05) is 121 Å². The Bertz CT molecular complexity index is 2770. The minimum Gasteiger partial charge on any atom is -0.207 e. The van der Waals surface area contributed by atoms with Crippen LogP contribution in [0.1, 0.15) is 11.1 Å². The lowest BCUT2D eigenvalue weighted by molar-refractivity contribution is -0.128. The lowest BCUT2D eigenvalue weighted by Gasteiger charge is -2.10. The maximum Gasteiger partial charge on any atom is 0.393 e. The molecule has 0 heterocycles. The Kier molecular flexibility index (Phi) is 17.8. The van der Waals surface area contributed by atoms with Gasteiger partial charge in [-0.2, -0.15) is 26.3 Å². The molecule has 0 N–H and O–H groups in total. The topological polar surface area (TPSA) is 0 Å². The third-order valence-corrected chi connectivity index (χ3v) is 16.7. The minimum atomic E-state index is -4.20. The highest BCUT2D eigenvalue weighted by Crippen LogP contribution is 2.35. The number of halogens is 9. The average Bonchev–Trinajstić information content (AvgIpc) is 3.33. The molecule has 0 saturated heterocycles. The molecular formula is C58H44F9S3+3. The summed E-state index contributed by atoms with van der Waals surface area (Å²) in [6, 6.07) is 72.1. The highest BCUT2D eigenvalue weighted by molar-refractivity contribution is 7.97. The summed E-state index contributed by atoms with van der Waals surface area (Å²) in [4.78, 5) is 8.19. The largest absolute Gasteiger partial charge is 0.393 e. The third kappa shape index (κ3) is 15.2. The van der Waals surface area contributed by atoms with Crippen molar-refractivity contribution in [1.82, 2.24) is 0 Å². The first-order valence-electron chi connectivity index (χ1n) is 21.7. The first-order chi connectivity index (χ1) is 33.7. The number of alkyl halides is 6. The fourth-order valence-corrected chi connectivity index (χ4v) is 13.7. The Morgan fingerprint density at radius 2 is 0.500 bits per heavy atom. The van der Waals surface area contributed by atoms with Gasteiger partial charge in [0, 0.05) is 24.3 Å². The molecule has 0 saturated carbocycles. The number of rotatable bonds is 11. The van der Waals surface area contributed by atoms with E-state index < -0.39 is 69.5 Å². The second-order valence-electron chi connectivity index (χ2n) is 15.4. The van der Waals surface area contributed by atoms with Crippen LogP contribution in [0.2, 0.25) is 0 Å². The predicted molar refractivity (Wildman–Crippen MR) is 264 cm³/mol. The summed E-state index contributed by atoms with van der Waals surface area (Å²) in [6.45, 7) is 0. The lowest BCUT2D eigenvalue weighted by Crippen LogP contribution is -2.12. The molecule has 9 aromatic carbocycles. The van der Waals surface area contributed by atoms with Gasteiger partial charge in [-0.3, -0.25) is 0 Å². The quantitative estimate of drug-likeness (QED) is 0.0895. The van der Waals surface area contributed by atoms with Gasteiger partial charge >= 0.3 is 12.4 Å². The van der Waals surface area contributed by atoms with Crippen molar-refractivity contribution in [1.29, 1.82) is 0 Å². The van der Waals surface area contributed by atoms with Crippen LogP contribution < -0.4 is 0 Å². The van der Waals surface area contributed by atoms with E-state index in [1.54, 1.807) is 36.4 Å². The Balaban J connectivity index is 0.000000155. The predicted octanol–water partition coefficient (Wildman–Crippen LogP) is 17.0. The minimum absolute atomic E-state index is 0.296. The van der Waals surface area contributed by atoms with Crippen molar-refractivity contribution < 1.29 is 39.5 Å². The molecule has 0 spiro atoms. The summed E-state index contributed by atoms with van der Waals surface area (Å²) in [5, 5.41) is 0. The molecule has 0 aliphatic heterocycles. The summed E-state index contributed by atoms with van der Waals surface area (Å²) in [5.41, 5.74) is 0.591. The van der Waals surface area contributed by atoms with Gasteiger partial charge < -0.3 is 0 Å². The molecule has 1 atom stereocenters. The van der Waals surface area contributed by atoms with Gasteiger partial charge in [0.2, 0.25) is 0 Å². The summed E-state index contributed by atoms with van der Waals surface area (Å²) < 4.78 is 117. The molecule has 9 rings (SSSR count). The van der Waals surface area contributed by atoms with E-state index in [9.17, 15) is 39.5 Å². The van der Waals surface area contributed by atoms with Crippen LogP contribution in [0.4, 0.5) is 39.5 Å². The first-order valence-corrected chi connectivity index (χ1v) is 25.4. The standard InChI is InChI=1S/2C20H16F3S.C18H12F3S/c2*21-20(22,23)15-16-8-7-13-19(14-16)24(17-9-3-1-4-10-17)18-11-5-2-6-12-18;19-13-5-4-8-17(10-13)22(16-6-2-1-3-7-16)18-11-14(20)9-15(21)12-18/h2*1-14H,15H2;1-12H/q3*+1. The van der Waals surface area contributed by atoms with Gasteiger partial charge in [0.05, 0.1) is 45.5 Å². The van der Waals surface area contributed by atoms with Crippen molar-refractivity contribution in [2.45, 2.75) is 69.3 Å². The molecule has 0 amide bonds. The van der Waals surface area contributed by atoms with Crippen LogP contribution in [0, 0.1) is 17.5 Å². The zero-order chi connectivity index (χ0) is 49.5. The van der Waals surface area contributed by atoms with E-state index in [1.807, 2.05) is 164 Å². The van der Waals surface area contributed by atoms with E-state index in [-0.39, 0.29) is 5.82 Å². The Morgan fingerprint density at radius 1 is 0.243 bits per heavy atom. The van der Waals surface area contributed by atoms with Gasteiger partial charge in [0.25, 0.3) is 0 Å². The second kappa shape index (κ2) is 24.3. The number of benzene rings is 9. The van der Waals surface area contributed by atoms with Crippen molar-refractivity contribution in [3.8, 4) is 0 Å². The smallest absolute Gasteiger partial charge is 0.207 e. The molecule has 1 unspecified atom stereocenters. The fraction of sp³-hybridized carbons (Fsp3) is 0.0690. The Labute approximate surface area is 410 Å². The maximum atomic E-state index is 13.6. The molecule has 0 aliphatic rings. The van der Waals surface area contributed by atoms with E-state index in [1.165, 1.54) is 36.4 Å². The highest BCUT2D eigenvalue weighted by atomic mass is 32.2. The van der Waals surface area contributed by atoms with Crippen molar-refractivity contribution in [3.05, 3.63) is 271 Å². The van der Waals surface area contributed by atoms with Gasteiger partial charge in [-0.25, -0.2) is 13.2 Å². The Morgan fingerprint density at radius 3 is 0.800 bits per heavy atom. The van der Waals surface area contributed by atoms with Crippen LogP contribution in [-0.2, 0) is 45.5 Å². The highest BCUT2D eigenvalue weighted by Gasteiger charge is 2.34. The molecule has 354 valence electrons. The van der Waals surface area contributed by atoms with Gasteiger partial charge in [0.1, 0.15) is 17.5 Å². The van der Waals surface area contributed by atoms with Crippen LogP contribution >= 0.6 is 0 Å². The molecule has 0 bridgehead atoms. The molecule has 9 aromatic rings. The van der Waals surface area contributed by atoms with E-state index in [0.29, 0.717) is 20.9 Å². The summed E-state index contributed by atoms with van der Waals surface area (Å²) in [6.07, 6.45) is -10.2. The normalized spacial score (nSPS) is 11.8. The van der Waals surface area contributed by atoms with E-state index in [2.05, 4.69) is 0 Å². The first kappa shape index (κ1) is 51.3. The van der Waals surface area contributed by atoms with E-state index in [4.69, 9.17) is 0 Å². The molecule has 0 aromatic heterocycles. The van der Waals surface area contributed by atoms with E-state index in [0.717, 1.165) is 40.3 Å². The van der Waals surface area contributed by atoms with Crippen molar-refractivity contribution in [2.75, 3.05) is 0 Å². The van der Waals surface area contributed by atoms with Crippen LogP contribution in [0.3, 0.4) is 0 Å². The maximum absolute atomic E-state index is 13.6. The van der Waals surface area contributed by atoms with Gasteiger partial charge in [-0.05, 0) is 108 Å². The van der Waals surface area contributed by atoms with Crippen molar-refractivity contribution >= 4 is 32.7 Å². The van der Waals surface area contributed by atoms with Crippen LogP contribution in [0.5, 0.6) is 0 Å². The lowest BCUT2D eigenvalue weighted by atomic mass is 10.1. The van der Waals surface area contributed by atoms with Crippen molar-refractivity contribution in [3.63, 3.8) is 0 Å². The molecule has 0 fully saturated rings. The van der Waals surface area contributed by atoms with Gasteiger partial charge in [-0.15, -0.1) is 0 Å². The molecule has 0 nitrogen and oxygen atoms in total. The SMILES string of the molecule is FC(F)(F)Cc1cccc([S+](c2ccccc2)c2ccccc2)c1.FC(F)(F)Cc1cccc([S+](c2ccccc2)c2ccccc2)c1.Fc1cccc([S+](c2ccccc2)c2cc(F)cc(F)c2)c1. The molecule has 0 radical (unpaired) electrons. The zero-order valence-electron chi connectivity index (χ0n) is 37.1. The number of hydrogen-bond acceptors (Lipinski definition) is 0. The van der Waals surface area contributed by atoms with Crippen LogP contribution in [0.15, 0.2) is 287 Å². The van der Waals surface area contributed by atoms with Crippen LogP contribution in [-0.4, -0.2) is 12.4 Å². The molecule has 0 aliphatic carbocycles. The Hall–Kier alpha value is -6.60. The summed E-state index contributed by atoms with van der Waals surface area (Å²) in [7, 11) is -1.61. The zero-order valence-corrected chi connectivity index (χ0v) is 39.6. The summed E-state index contributed by atoms with van der Waals surface area (Å²) in [5.74, 6) is -1.65. The number of hydrogen-bond donors (Lipinski definition) is 0. The molecule has 12 heteroatoms. The summed E-state index contributed by atoms with van der Waals surface area (Å²) >= 11 is 0. The van der Waals surface area contributed by atoms with Gasteiger partial charge in [0.15, 0.2) is 44.1 Å². The fourth-order valence-electron chi connectivity index (χ4n) is 7.28.